The van der Waals surface area contributed by atoms with Gasteiger partial charge in [-0.3, -0.25) is 9.59 Å². The van der Waals surface area contributed by atoms with Crippen LogP contribution in [0.1, 0.15) is 5.56 Å². The molecule has 32 heavy (non-hydrogen) atoms. The number of nitrogens with one attached hydrogen (secondary N) is 1. The van der Waals surface area contributed by atoms with Crippen LogP contribution in [0.2, 0.25) is 0 Å². The third-order valence-electron chi connectivity index (χ3n) is 5.13. The minimum Gasteiger partial charge on any atom is -0.497 e. The van der Waals surface area contributed by atoms with E-state index in [2.05, 4.69) is 5.32 Å². The molecule has 0 bridgehead atoms. The number of carbonyl (C=O) groups excluding carboxylic acids is 2. The van der Waals surface area contributed by atoms with Gasteiger partial charge in [-0.1, -0.05) is 30.3 Å². The second kappa shape index (κ2) is 8.85. The first-order valence-electron chi connectivity index (χ1n) is 9.89. The van der Waals surface area contributed by atoms with Crippen molar-refractivity contribution in [1.29, 1.82) is 0 Å². The maximum Gasteiger partial charge on any atom is 0.282 e. The van der Waals surface area contributed by atoms with E-state index in [4.69, 9.17) is 14.2 Å². The minimum atomic E-state index is -0.450. The second-order valence-corrected chi connectivity index (χ2v) is 6.95. The molecule has 0 aliphatic carbocycles. The van der Waals surface area contributed by atoms with Crippen molar-refractivity contribution in [3.63, 3.8) is 0 Å². The molecule has 162 valence electrons. The maximum absolute atomic E-state index is 13.4. The molecule has 1 N–H and O–H groups in total. The molecule has 1 aliphatic rings. The van der Waals surface area contributed by atoms with Crippen LogP contribution in [0, 0.1) is 0 Å². The Labute approximate surface area is 185 Å². The minimum absolute atomic E-state index is 0.184. The fourth-order valence-corrected chi connectivity index (χ4v) is 3.54. The molecule has 1 heterocycles. The molecule has 0 spiro atoms. The SMILES string of the molecule is COc1ccc(N2C(=O)C(Nc3ccc(OC)c(OC)c3)=C(c3ccccc3)C2=O)cc1. The molecule has 0 aromatic heterocycles. The van der Waals surface area contributed by atoms with E-state index in [1.165, 1.54) is 7.11 Å². The summed E-state index contributed by atoms with van der Waals surface area (Å²) in [6.07, 6.45) is 0. The van der Waals surface area contributed by atoms with Gasteiger partial charge in [-0.05, 0) is 42.0 Å². The van der Waals surface area contributed by atoms with Gasteiger partial charge in [0.05, 0.1) is 32.6 Å². The summed E-state index contributed by atoms with van der Waals surface area (Å²) in [5.74, 6) is 0.836. The molecule has 0 atom stereocenters. The summed E-state index contributed by atoms with van der Waals surface area (Å²) < 4.78 is 15.8. The third kappa shape index (κ3) is 3.76. The molecule has 0 radical (unpaired) electrons. The van der Waals surface area contributed by atoms with Crippen molar-refractivity contribution >= 4 is 28.8 Å². The van der Waals surface area contributed by atoms with Gasteiger partial charge in [0, 0.05) is 11.8 Å². The predicted molar refractivity (Wildman–Crippen MR) is 122 cm³/mol. The van der Waals surface area contributed by atoms with E-state index >= 15 is 0 Å². The number of amides is 2. The number of benzene rings is 3. The topological polar surface area (TPSA) is 77.1 Å². The summed E-state index contributed by atoms with van der Waals surface area (Å²) in [5.41, 5.74) is 2.16. The summed E-state index contributed by atoms with van der Waals surface area (Å²) >= 11 is 0. The standard InChI is InChI=1S/C25H22N2O5/c1-30-19-12-10-18(11-13-19)27-24(28)22(16-7-5-4-6-8-16)23(25(27)29)26-17-9-14-20(31-2)21(15-17)32-3/h4-15,26H,1-3H3. The first-order chi connectivity index (χ1) is 15.6. The molecule has 2 amide bonds. The van der Waals surface area contributed by atoms with Gasteiger partial charge >= 0.3 is 0 Å². The van der Waals surface area contributed by atoms with Crippen molar-refractivity contribution < 1.29 is 23.8 Å². The zero-order valence-electron chi connectivity index (χ0n) is 17.9. The van der Waals surface area contributed by atoms with Gasteiger partial charge in [0.2, 0.25) is 0 Å². The van der Waals surface area contributed by atoms with Crippen LogP contribution in [0.25, 0.3) is 5.57 Å². The molecular weight excluding hydrogens is 408 g/mol. The molecular formula is C25H22N2O5. The van der Waals surface area contributed by atoms with E-state index in [0.717, 1.165) is 4.90 Å². The average Bonchev–Trinajstić information content (AvgIpc) is 3.08. The first kappa shape index (κ1) is 21.0. The zero-order valence-corrected chi connectivity index (χ0v) is 17.9. The highest BCUT2D eigenvalue weighted by Crippen LogP contribution is 2.36. The number of carbonyl (C=O) groups is 2. The van der Waals surface area contributed by atoms with Crippen molar-refractivity contribution in [3.05, 3.63) is 84.1 Å². The Balaban J connectivity index is 1.77. The Morgan fingerprint density at radius 2 is 1.41 bits per heavy atom. The van der Waals surface area contributed by atoms with Crippen molar-refractivity contribution in [2.75, 3.05) is 31.5 Å². The van der Waals surface area contributed by atoms with Crippen molar-refractivity contribution in [1.82, 2.24) is 0 Å². The number of rotatable bonds is 7. The summed E-state index contributed by atoms with van der Waals surface area (Å²) in [7, 11) is 4.64. The summed E-state index contributed by atoms with van der Waals surface area (Å²) in [5, 5.41) is 3.13. The van der Waals surface area contributed by atoms with E-state index in [-0.39, 0.29) is 5.70 Å². The van der Waals surface area contributed by atoms with Gasteiger partial charge < -0.3 is 19.5 Å². The van der Waals surface area contributed by atoms with Gasteiger partial charge in [0.25, 0.3) is 11.8 Å². The van der Waals surface area contributed by atoms with Crippen LogP contribution >= 0.6 is 0 Å². The van der Waals surface area contributed by atoms with Crippen LogP contribution in [0.3, 0.4) is 0 Å². The van der Waals surface area contributed by atoms with Crippen molar-refractivity contribution in [3.8, 4) is 17.2 Å². The normalized spacial score (nSPS) is 13.4. The average molecular weight is 430 g/mol. The van der Waals surface area contributed by atoms with Crippen LogP contribution < -0.4 is 24.4 Å². The Morgan fingerprint density at radius 3 is 2.03 bits per heavy atom. The lowest BCUT2D eigenvalue weighted by Gasteiger charge is -2.16. The highest BCUT2D eigenvalue weighted by Gasteiger charge is 2.40. The van der Waals surface area contributed by atoms with E-state index in [1.54, 1.807) is 68.8 Å². The number of ether oxygens (including phenoxy) is 3. The number of nitrogens with zero attached hydrogens (tertiary/aromatic N) is 1. The number of hydrogen-bond donors (Lipinski definition) is 1. The van der Waals surface area contributed by atoms with E-state index < -0.39 is 11.8 Å². The molecule has 7 nitrogen and oxygen atoms in total. The van der Waals surface area contributed by atoms with E-state index in [0.29, 0.717) is 39.8 Å². The van der Waals surface area contributed by atoms with Gasteiger partial charge in [-0.2, -0.15) is 0 Å². The number of methoxy groups -OCH3 is 3. The van der Waals surface area contributed by atoms with Gasteiger partial charge in [0.1, 0.15) is 11.4 Å². The fraction of sp³-hybridized carbons (Fsp3) is 0.120. The molecule has 3 aromatic rings. The van der Waals surface area contributed by atoms with Crippen LogP contribution in [0.5, 0.6) is 17.2 Å². The Bertz CT molecular complexity index is 1190. The lowest BCUT2D eigenvalue weighted by atomic mass is 10.0. The summed E-state index contributed by atoms with van der Waals surface area (Å²) in [4.78, 5) is 28.0. The monoisotopic (exact) mass is 430 g/mol. The van der Waals surface area contributed by atoms with E-state index in [9.17, 15) is 9.59 Å². The van der Waals surface area contributed by atoms with Gasteiger partial charge in [0.15, 0.2) is 11.5 Å². The summed E-state index contributed by atoms with van der Waals surface area (Å²) in [6.45, 7) is 0. The smallest absolute Gasteiger partial charge is 0.282 e. The second-order valence-electron chi connectivity index (χ2n) is 6.95. The molecule has 7 heteroatoms. The molecule has 0 saturated heterocycles. The first-order valence-corrected chi connectivity index (χ1v) is 9.89. The van der Waals surface area contributed by atoms with Crippen LogP contribution in [0.4, 0.5) is 11.4 Å². The quantitative estimate of drug-likeness (QED) is 0.569. The van der Waals surface area contributed by atoms with Crippen LogP contribution in [-0.2, 0) is 9.59 Å². The largest absolute Gasteiger partial charge is 0.497 e. The van der Waals surface area contributed by atoms with Crippen LogP contribution in [-0.4, -0.2) is 33.1 Å². The Morgan fingerprint density at radius 1 is 0.719 bits per heavy atom. The maximum atomic E-state index is 13.4. The Kier molecular flexibility index (Phi) is 5.81. The van der Waals surface area contributed by atoms with Gasteiger partial charge in [-0.15, -0.1) is 0 Å². The number of anilines is 2. The number of hydrogen-bond acceptors (Lipinski definition) is 6. The van der Waals surface area contributed by atoms with E-state index in [1.807, 2.05) is 18.2 Å². The lowest BCUT2D eigenvalue weighted by Crippen LogP contribution is -2.32. The highest BCUT2D eigenvalue weighted by atomic mass is 16.5. The van der Waals surface area contributed by atoms with Gasteiger partial charge in [-0.25, -0.2) is 4.90 Å². The molecule has 3 aromatic carbocycles. The lowest BCUT2D eigenvalue weighted by molar-refractivity contribution is -0.120. The predicted octanol–water partition coefficient (Wildman–Crippen LogP) is 4.11. The summed E-state index contributed by atoms with van der Waals surface area (Å²) in [6, 6.07) is 21.1. The number of imide groups is 1. The van der Waals surface area contributed by atoms with Crippen molar-refractivity contribution in [2.24, 2.45) is 0 Å². The highest BCUT2D eigenvalue weighted by molar-refractivity contribution is 6.46. The molecule has 0 saturated carbocycles. The Hall–Kier alpha value is -4.26. The molecule has 1 aliphatic heterocycles. The molecule has 0 fully saturated rings. The third-order valence-corrected chi connectivity index (χ3v) is 5.13. The van der Waals surface area contributed by atoms with Crippen molar-refractivity contribution in [2.45, 2.75) is 0 Å². The van der Waals surface area contributed by atoms with Crippen LogP contribution in [0.15, 0.2) is 78.5 Å². The molecule has 4 rings (SSSR count). The molecule has 0 unspecified atom stereocenters. The fourth-order valence-electron chi connectivity index (χ4n) is 3.54. The zero-order chi connectivity index (χ0) is 22.7.